The summed E-state index contributed by atoms with van der Waals surface area (Å²) in [6.45, 7) is 0. The minimum absolute atomic E-state index is 0.00116. The number of carbonyl (C=O) groups excluding carboxylic acids is 1. The molecule has 0 unspecified atom stereocenters. The van der Waals surface area contributed by atoms with Crippen LogP contribution in [0.15, 0.2) is 75.8 Å². The average molecular weight is 361 g/mol. The third-order valence-electron chi connectivity index (χ3n) is 3.93. The van der Waals surface area contributed by atoms with Crippen LogP contribution in [-0.4, -0.2) is 23.2 Å². The number of nitrogens with one attached hydrogen (secondary N) is 1. The second-order valence-corrected chi connectivity index (χ2v) is 5.65. The summed E-state index contributed by atoms with van der Waals surface area (Å²) in [5, 5.41) is 10.3. The van der Waals surface area contributed by atoms with E-state index < -0.39 is 0 Å². The lowest BCUT2D eigenvalue weighted by Gasteiger charge is -2.06. The average Bonchev–Trinajstić information content (AvgIpc) is 3.40. The topological polar surface area (TPSA) is 90.4 Å². The molecule has 0 saturated heterocycles. The first-order valence-corrected chi connectivity index (χ1v) is 8.16. The van der Waals surface area contributed by atoms with Crippen molar-refractivity contribution in [3.8, 4) is 28.5 Å². The Morgan fingerprint density at radius 1 is 1.00 bits per heavy atom. The summed E-state index contributed by atoms with van der Waals surface area (Å²) < 4.78 is 15.8. The zero-order valence-corrected chi connectivity index (χ0v) is 14.4. The van der Waals surface area contributed by atoms with E-state index in [4.69, 9.17) is 13.6 Å². The molecule has 2 aromatic carbocycles. The normalized spacial score (nSPS) is 10.6. The highest BCUT2D eigenvalue weighted by molar-refractivity contribution is 6.03. The van der Waals surface area contributed by atoms with Gasteiger partial charge < -0.3 is 13.6 Å². The third kappa shape index (κ3) is 3.57. The van der Waals surface area contributed by atoms with E-state index in [1.807, 2.05) is 36.4 Å². The van der Waals surface area contributed by atoms with Crippen molar-refractivity contribution in [2.45, 2.75) is 0 Å². The van der Waals surface area contributed by atoms with Gasteiger partial charge >= 0.3 is 6.01 Å². The van der Waals surface area contributed by atoms with E-state index in [2.05, 4.69) is 15.5 Å². The largest absolute Gasteiger partial charge is 0.497 e. The highest BCUT2D eigenvalue weighted by Crippen LogP contribution is 2.24. The van der Waals surface area contributed by atoms with Crippen LogP contribution in [0.4, 0.5) is 6.01 Å². The van der Waals surface area contributed by atoms with E-state index in [0.717, 1.165) is 16.9 Å². The molecule has 1 amide bonds. The van der Waals surface area contributed by atoms with Gasteiger partial charge in [-0.05, 0) is 47.5 Å². The fourth-order valence-electron chi connectivity index (χ4n) is 2.57. The van der Waals surface area contributed by atoms with E-state index in [9.17, 15) is 4.79 Å². The summed E-state index contributed by atoms with van der Waals surface area (Å²) in [5.74, 6) is 1.06. The summed E-state index contributed by atoms with van der Waals surface area (Å²) >= 11 is 0. The van der Waals surface area contributed by atoms with Gasteiger partial charge in [0.2, 0.25) is 0 Å². The summed E-state index contributed by atoms with van der Waals surface area (Å²) in [7, 11) is 1.62. The van der Waals surface area contributed by atoms with Crippen LogP contribution in [0.1, 0.15) is 10.4 Å². The Hall–Kier alpha value is -3.87. The minimum atomic E-state index is -0.347. The number of rotatable bonds is 5. The molecule has 0 radical (unpaired) electrons. The van der Waals surface area contributed by atoms with Crippen molar-refractivity contribution < 1.29 is 18.4 Å². The molecule has 4 rings (SSSR count). The zero-order valence-electron chi connectivity index (χ0n) is 14.4. The van der Waals surface area contributed by atoms with Crippen LogP contribution in [0.3, 0.4) is 0 Å². The predicted molar refractivity (Wildman–Crippen MR) is 98.4 cm³/mol. The number of amides is 1. The Bertz CT molecular complexity index is 1050. The lowest BCUT2D eigenvalue weighted by atomic mass is 10.0. The van der Waals surface area contributed by atoms with Crippen LogP contribution in [0.5, 0.6) is 5.75 Å². The number of nitrogens with zero attached hydrogens (tertiary/aromatic N) is 2. The third-order valence-corrected chi connectivity index (χ3v) is 3.93. The van der Waals surface area contributed by atoms with Crippen molar-refractivity contribution in [1.29, 1.82) is 0 Å². The molecule has 2 heterocycles. The number of benzene rings is 2. The molecule has 0 atom stereocenters. The number of methoxy groups -OCH3 is 1. The number of hydrogen-bond donors (Lipinski definition) is 1. The first-order chi connectivity index (χ1) is 13.2. The fourth-order valence-corrected chi connectivity index (χ4v) is 2.57. The maximum atomic E-state index is 12.5. The van der Waals surface area contributed by atoms with Crippen LogP contribution in [-0.2, 0) is 0 Å². The molecular formula is C20H15N3O4. The SMILES string of the molecule is COc1ccc(-c2cccc(C(=O)Nc3nnc(-c4ccco4)o3)c2)cc1. The van der Waals surface area contributed by atoms with Gasteiger partial charge in [-0.25, -0.2) is 0 Å². The molecule has 1 N–H and O–H groups in total. The molecule has 0 aliphatic rings. The van der Waals surface area contributed by atoms with Crippen molar-refractivity contribution in [3.63, 3.8) is 0 Å². The molecule has 0 fully saturated rings. The van der Waals surface area contributed by atoms with E-state index in [0.29, 0.717) is 11.3 Å². The van der Waals surface area contributed by atoms with Gasteiger partial charge in [-0.3, -0.25) is 10.1 Å². The highest BCUT2D eigenvalue weighted by atomic mass is 16.5. The molecule has 134 valence electrons. The predicted octanol–water partition coefficient (Wildman–Crippen LogP) is 4.26. The number of carbonyl (C=O) groups is 1. The van der Waals surface area contributed by atoms with Gasteiger partial charge in [-0.15, -0.1) is 5.10 Å². The Morgan fingerprint density at radius 3 is 2.59 bits per heavy atom. The van der Waals surface area contributed by atoms with Crippen molar-refractivity contribution in [3.05, 3.63) is 72.5 Å². The van der Waals surface area contributed by atoms with E-state index >= 15 is 0 Å². The van der Waals surface area contributed by atoms with Gasteiger partial charge in [0.25, 0.3) is 11.8 Å². The second-order valence-electron chi connectivity index (χ2n) is 5.65. The van der Waals surface area contributed by atoms with Crippen LogP contribution in [0.2, 0.25) is 0 Å². The van der Waals surface area contributed by atoms with Crippen molar-refractivity contribution in [1.82, 2.24) is 10.2 Å². The Morgan fingerprint density at radius 2 is 1.85 bits per heavy atom. The first-order valence-electron chi connectivity index (χ1n) is 8.16. The standard InChI is InChI=1S/C20H15N3O4/c1-25-16-9-7-13(8-10-16)14-4-2-5-15(12-14)18(24)21-20-23-22-19(27-20)17-6-3-11-26-17/h2-12H,1H3,(H,21,23,24). The molecule has 0 aliphatic carbocycles. The highest BCUT2D eigenvalue weighted by Gasteiger charge is 2.14. The van der Waals surface area contributed by atoms with Crippen molar-refractivity contribution in [2.24, 2.45) is 0 Å². The molecule has 27 heavy (non-hydrogen) atoms. The summed E-state index contributed by atoms with van der Waals surface area (Å²) in [6, 6.07) is 18.3. The smallest absolute Gasteiger partial charge is 0.322 e. The molecule has 0 spiro atoms. The first kappa shape index (κ1) is 16.6. The summed E-state index contributed by atoms with van der Waals surface area (Å²) in [4.78, 5) is 12.5. The van der Waals surface area contributed by atoms with E-state index in [-0.39, 0.29) is 17.8 Å². The Kier molecular flexibility index (Phi) is 4.40. The maximum absolute atomic E-state index is 12.5. The van der Waals surface area contributed by atoms with Gasteiger partial charge in [-0.2, -0.15) is 0 Å². The molecular weight excluding hydrogens is 346 g/mol. The molecule has 7 heteroatoms. The number of aromatic nitrogens is 2. The van der Waals surface area contributed by atoms with Crippen LogP contribution in [0.25, 0.3) is 22.8 Å². The van der Waals surface area contributed by atoms with Gasteiger partial charge in [0.1, 0.15) is 5.75 Å². The molecule has 0 bridgehead atoms. The van der Waals surface area contributed by atoms with Crippen molar-refractivity contribution in [2.75, 3.05) is 12.4 Å². The van der Waals surface area contributed by atoms with Gasteiger partial charge in [-0.1, -0.05) is 29.4 Å². The molecule has 7 nitrogen and oxygen atoms in total. The lowest BCUT2D eigenvalue weighted by Crippen LogP contribution is -2.12. The monoisotopic (exact) mass is 361 g/mol. The molecule has 0 saturated carbocycles. The second kappa shape index (κ2) is 7.17. The molecule has 2 aromatic heterocycles. The van der Waals surface area contributed by atoms with Gasteiger partial charge in [0.05, 0.1) is 13.4 Å². The quantitative estimate of drug-likeness (QED) is 0.571. The molecule has 4 aromatic rings. The molecule has 0 aliphatic heterocycles. The van der Waals surface area contributed by atoms with Crippen LogP contribution < -0.4 is 10.1 Å². The van der Waals surface area contributed by atoms with Crippen molar-refractivity contribution >= 4 is 11.9 Å². The maximum Gasteiger partial charge on any atom is 0.322 e. The van der Waals surface area contributed by atoms with Gasteiger partial charge in [0.15, 0.2) is 5.76 Å². The fraction of sp³-hybridized carbons (Fsp3) is 0.0500. The Balaban J connectivity index is 1.52. The number of furan rings is 1. The Labute approximate surface area is 154 Å². The summed E-state index contributed by atoms with van der Waals surface area (Å²) in [5.41, 5.74) is 2.36. The van der Waals surface area contributed by atoms with Crippen LogP contribution >= 0.6 is 0 Å². The number of hydrogen-bond acceptors (Lipinski definition) is 6. The summed E-state index contributed by atoms with van der Waals surface area (Å²) in [6.07, 6.45) is 1.50. The van der Waals surface area contributed by atoms with E-state index in [1.165, 1.54) is 6.26 Å². The van der Waals surface area contributed by atoms with Gasteiger partial charge in [0, 0.05) is 5.56 Å². The number of anilines is 1. The van der Waals surface area contributed by atoms with E-state index in [1.54, 1.807) is 31.4 Å². The lowest BCUT2D eigenvalue weighted by molar-refractivity contribution is 0.102. The zero-order chi connectivity index (χ0) is 18.6. The number of ether oxygens (including phenoxy) is 1. The minimum Gasteiger partial charge on any atom is -0.497 e. The van der Waals surface area contributed by atoms with Crippen LogP contribution in [0, 0.1) is 0 Å².